The van der Waals surface area contributed by atoms with Crippen molar-refractivity contribution in [3.8, 4) is 17.4 Å². The number of amides is 1. The van der Waals surface area contributed by atoms with Crippen LogP contribution in [0.2, 0.25) is 0 Å². The van der Waals surface area contributed by atoms with E-state index in [1.807, 2.05) is 18.2 Å². The summed E-state index contributed by atoms with van der Waals surface area (Å²) in [4.78, 5) is 29.2. The topological polar surface area (TPSA) is 112 Å². The number of carbonyl (C=O) groups excluding carboxylic acids is 2. The van der Waals surface area contributed by atoms with Gasteiger partial charge < -0.3 is 24.0 Å². The fraction of sp³-hybridized carbons (Fsp3) is 0.292. The van der Waals surface area contributed by atoms with Gasteiger partial charge in [0.1, 0.15) is 37.4 Å². The quantitative estimate of drug-likeness (QED) is 0.141. The Hall–Kier alpha value is -3.43. The number of alkyl halides is 1. The van der Waals surface area contributed by atoms with Crippen molar-refractivity contribution in [1.82, 2.24) is 24.8 Å². The highest BCUT2D eigenvalue weighted by molar-refractivity contribution is 7.98. The molecule has 2 heterocycles. The van der Waals surface area contributed by atoms with Crippen LogP contribution in [0.3, 0.4) is 0 Å². The summed E-state index contributed by atoms with van der Waals surface area (Å²) in [6, 6.07) is 11.6. The number of thiazole rings is 1. The second-order valence-electron chi connectivity index (χ2n) is 8.07. The van der Waals surface area contributed by atoms with E-state index in [0.29, 0.717) is 21.2 Å². The number of nitrogens with zero attached hydrogens (tertiary/aromatic N) is 4. The molecular weight excluding hydrogens is 564 g/mol. The van der Waals surface area contributed by atoms with E-state index < -0.39 is 24.6 Å². The zero-order valence-electron chi connectivity index (χ0n) is 20.7. The lowest BCUT2D eigenvalue weighted by Crippen LogP contribution is -2.47. The summed E-state index contributed by atoms with van der Waals surface area (Å²) >= 11 is 7.97. The molecule has 2 aromatic heterocycles. The zero-order chi connectivity index (χ0) is 27.8. The molecule has 202 valence electrons. The molecule has 2 radical (unpaired) electrons. The number of carbonyl (C=O) groups is 2. The average molecular weight is 587 g/mol. The van der Waals surface area contributed by atoms with Crippen LogP contribution in [0.25, 0.3) is 10.2 Å². The summed E-state index contributed by atoms with van der Waals surface area (Å²) in [7, 11) is 7.27. The summed E-state index contributed by atoms with van der Waals surface area (Å²) in [5.74, 6) is 0.747. The maximum atomic E-state index is 12.9. The van der Waals surface area contributed by atoms with E-state index in [2.05, 4.69) is 15.3 Å². The first kappa shape index (κ1) is 28.6. The number of hydrogen-bond donors (Lipinski definition) is 1. The lowest BCUT2D eigenvalue weighted by molar-refractivity contribution is -0.148. The van der Waals surface area contributed by atoms with E-state index in [0.717, 1.165) is 20.6 Å². The van der Waals surface area contributed by atoms with Crippen molar-refractivity contribution in [1.29, 1.82) is 0 Å². The number of nitrogens with one attached hydrogen (secondary N) is 1. The van der Waals surface area contributed by atoms with Gasteiger partial charge in [-0.2, -0.15) is 11.8 Å². The molecule has 0 aliphatic rings. The van der Waals surface area contributed by atoms with Gasteiger partial charge in [0.25, 0.3) is 5.88 Å². The summed E-state index contributed by atoms with van der Waals surface area (Å²) in [5.41, 5.74) is 1.81. The molecule has 0 spiro atoms. The predicted molar refractivity (Wildman–Crippen MR) is 150 cm³/mol. The molecule has 10 nitrogen and oxygen atoms in total. The van der Waals surface area contributed by atoms with Crippen LogP contribution in [-0.2, 0) is 26.6 Å². The Balaban J connectivity index is 1.33. The molecule has 4 aromatic rings. The molecule has 0 saturated heterocycles. The molecule has 1 N–H and O–H groups in total. The number of benzene rings is 2. The Labute approximate surface area is 237 Å². The summed E-state index contributed by atoms with van der Waals surface area (Å²) in [6.45, 7) is -0.869. The first-order valence-corrected chi connectivity index (χ1v) is 13.9. The number of ether oxygens (including phenoxy) is 3. The summed E-state index contributed by atoms with van der Waals surface area (Å²) in [6.07, 6.45) is 1.45. The minimum absolute atomic E-state index is 0.0232. The molecule has 4 rings (SSSR count). The van der Waals surface area contributed by atoms with Crippen LogP contribution >= 0.6 is 35.3 Å². The largest absolute Gasteiger partial charge is 0.491 e. The number of esters is 1. The van der Waals surface area contributed by atoms with Crippen LogP contribution in [0.15, 0.2) is 48.7 Å². The van der Waals surface area contributed by atoms with Crippen molar-refractivity contribution >= 4 is 65.4 Å². The molecule has 0 unspecified atom stereocenters. The van der Waals surface area contributed by atoms with Crippen LogP contribution in [0.4, 0.5) is 4.39 Å². The SMILES string of the molecule is [B]N(C(=O)Cn1cc(Oc2ccc3[nH]c(=S)sc3c2)nn1)[C@@H](CSCc1cccc(OCCF)c1)C(=O)OC. The zero-order valence-corrected chi connectivity index (χ0v) is 23.2. The van der Waals surface area contributed by atoms with Gasteiger partial charge >= 0.3 is 5.97 Å². The standard InChI is InChI=1S/C24H23BFN5O5S3/c1-34-23(33)19(14-38-13-15-3-2-4-16(9-15)35-8-7-26)31(25)22(32)12-30-11-21(28-29-30)36-17-5-6-18-20(10-17)39-24(37)27-18/h2-6,9-11,19H,7-8,12-14H2,1H3,(H,27,37)/t19-/m0/s1. The van der Waals surface area contributed by atoms with Crippen LogP contribution in [0.5, 0.6) is 17.4 Å². The van der Waals surface area contributed by atoms with Gasteiger partial charge in [-0.15, -0.1) is 11.3 Å². The summed E-state index contributed by atoms with van der Waals surface area (Å²) < 4.78 is 31.1. The van der Waals surface area contributed by atoms with Gasteiger partial charge in [-0.3, -0.25) is 4.79 Å². The maximum Gasteiger partial charge on any atom is 0.328 e. The lowest BCUT2D eigenvalue weighted by atomic mass is 10.1. The highest BCUT2D eigenvalue weighted by Gasteiger charge is 2.27. The number of fused-ring (bicyclic) bond motifs is 1. The fourth-order valence-corrected chi connectivity index (χ4v) is 5.67. The Bertz CT molecular complexity index is 1500. The third-order valence-electron chi connectivity index (χ3n) is 5.32. The van der Waals surface area contributed by atoms with E-state index in [1.165, 1.54) is 41.1 Å². The smallest absolute Gasteiger partial charge is 0.328 e. The van der Waals surface area contributed by atoms with E-state index in [-0.39, 0.29) is 24.8 Å². The van der Waals surface area contributed by atoms with Crippen molar-refractivity contribution in [3.05, 3.63) is 58.2 Å². The highest BCUT2D eigenvalue weighted by atomic mass is 32.2. The van der Waals surface area contributed by atoms with Gasteiger partial charge in [0.2, 0.25) is 13.9 Å². The number of rotatable bonds is 13. The van der Waals surface area contributed by atoms with Gasteiger partial charge in [-0.05, 0) is 42.0 Å². The maximum absolute atomic E-state index is 12.9. The van der Waals surface area contributed by atoms with Crippen molar-refractivity contribution < 1.29 is 28.2 Å². The van der Waals surface area contributed by atoms with Crippen LogP contribution in [0.1, 0.15) is 5.56 Å². The van der Waals surface area contributed by atoms with Gasteiger partial charge in [0.15, 0.2) is 3.95 Å². The number of aromatic amines is 1. The fourth-order valence-electron chi connectivity index (χ4n) is 3.48. The highest BCUT2D eigenvalue weighted by Crippen LogP contribution is 2.27. The molecule has 0 saturated carbocycles. The van der Waals surface area contributed by atoms with Crippen molar-refractivity contribution in [2.24, 2.45) is 0 Å². The van der Waals surface area contributed by atoms with E-state index in [4.69, 9.17) is 34.4 Å². The van der Waals surface area contributed by atoms with E-state index in [9.17, 15) is 14.0 Å². The first-order chi connectivity index (χ1) is 18.9. The molecule has 1 amide bonds. The molecule has 0 aliphatic carbocycles. The third kappa shape index (κ3) is 7.80. The van der Waals surface area contributed by atoms with Crippen LogP contribution in [0, 0.1) is 3.95 Å². The normalized spacial score (nSPS) is 11.7. The van der Waals surface area contributed by atoms with Crippen molar-refractivity contribution in [3.63, 3.8) is 0 Å². The average Bonchev–Trinajstić information content (AvgIpc) is 3.53. The van der Waals surface area contributed by atoms with E-state index >= 15 is 0 Å². The minimum atomic E-state index is -1.03. The van der Waals surface area contributed by atoms with E-state index in [1.54, 1.807) is 24.3 Å². The summed E-state index contributed by atoms with van der Waals surface area (Å²) in [5, 5.41) is 7.86. The van der Waals surface area contributed by atoms with Crippen molar-refractivity contribution in [2.75, 3.05) is 26.1 Å². The monoisotopic (exact) mass is 587 g/mol. The molecule has 15 heteroatoms. The number of H-pyrrole nitrogens is 1. The number of methoxy groups -OCH3 is 1. The second-order valence-corrected chi connectivity index (χ2v) is 10.8. The Morgan fingerprint density at radius 3 is 2.92 bits per heavy atom. The predicted octanol–water partition coefficient (Wildman–Crippen LogP) is 4.08. The van der Waals surface area contributed by atoms with Gasteiger partial charge in [0.05, 0.1) is 23.5 Å². The number of aromatic nitrogens is 4. The number of hydrogen-bond acceptors (Lipinski definition) is 10. The number of halogens is 1. The molecule has 2 aromatic carbocycles. The van der Waals surface area contributed by atoms with Crippen LogP contribution in [-0.4, -0.2) is 76.8 Å². The van der Waals surface area contributed by atoms with Crippen LogP contribution < -0.4 is 9.47 Å². The molecular formula is C24H23BFN5O5S3. The molecule has 0 fully saturated rings. The second kappa shape index (κ2) is 13.6. The Morgan fingerprint density at radius 1 is 1.28 bits per heavy atom. The minimum Gasteiger partial charge on any atom is -0.491 e. The van der Waals surface area contributed by atoms with Crippen molar-refractivity contribution in [2.45, 2.75) is 18.3 Å². The molecule has 39 heavy (non-hydrogen) atoms. The van der Waals surface area contributed by atoms with Gasteiger partial charge in [-0.1, -0.05) is 22.4 Å². The number of thioether (sulfide) groups is 1. The lowest BCUT2D eigenvalue weighted by Gasteiger charge is -2.26. The first-order valence-electron chi connectivity index (χ1n) is 11.6. The Kier molecular flexibility index (Phi) is 9.95. The molecule has 0 aliphatic heterocycles. The molecule has 0 bridgehead atoms. The van der Waals surface area contributed by atoms with Gasteiger partial charge in [-0.25, -0.2) is 13.9 Å². The molecule has 1 atom stereocenters. The van der Waals surface area contributed by atoms with Gasteiger partial charge in [0, 0.05) is 17.6 Å². The third-order valence-corrected chi connectivity index (χ3v) is 7.60. The Morgan fingerprint density at radius 2 is 2.13 bits per heavy atom.